The Kier molecular flexibility index (Phi) is 10.6. The van der Waals surface area contributed by atoms with Crippen LogP contribution in [-0.4, -0.2) is 83.6 Å². The van der Waals surface area contributed by atoms with Gasteiger partial charge in [0.15, 0.2) is 5.13 Å². The van der Waals surface area contributed by atoms with E-state index in [0.29, 0.717) is 55.8 Å². The van der Waals surface area contributed by atoms with Crippen molar-refractivity contribution in [1.82, 2.24) is 24.9 Å². The third kappa shape index (κ3) is 7.88. The van der Waals surface area contributed by atoms with E-state index in [2.05, 4.69) is 38.5 Å². The van der Waals surface area contributed by atoms with Gasteiger partial charge in [0.25, 0.3) is 5.91 Å². The Bertz CT molecular complexity index is 2330. The minimum absolute atomic E-state index is 0.0171. The Morgan fingerprint density at radius 3 is 2.56 bits per heavy atom. The van der Waals surface area contributed by atoms with Crippen molar-refractivity contribution in [2.75, 3.05) is 19.0 Å². The number of benzene rings is 2. The van der Waals surface area contributed by atoms with Crippen LogP contribution in [0, 0.1) is 5.92 Å². The number of fused-ring (bicyclic) bond motifs is 1. The molecule has 0 spiro atoms. The fourth-order valence-corrected chi connectivity index (χ4v) is 9.25. The van der Waals surface area contributed by atoms with Crippen molar-refractivity contribution in [3.63, 3.8) is 0 Å². The van der Waals surface area contributed by atoms with Crippen LogP contribution < -0.4 is 24.8 Å². The van der Waals surface area contributed by atoms with Crippen LogP contribution in [0.25, 0.3) is 22.0 Å². The van der Waals surface area contributed by atoms with Gasteiger partial charge in [0.05, 0.1) is 30.8 Å². The predicted molar refractivity (Wildman–Crippen MR) is 212 cm³/mol. The van der Waals surface area contributed by atoms with Gasteiger partial charge in [-0.05, 0) is 62.1 Å². The zero-order valence-electron chi connectivity index (χ0n) is 29.9. The normalized spacial score (nSPS) is 22.4. The lowest BCUT2D eigenvalue weighted by Crippen LogP contribution is -2.57. The monoisotopic (exact) mass is 824 g/mol. The van der Waals surface area contributed by atoms with Crippen LogP contribution >= 0.6 is 34.5 Å². The maximum absolute atomic E-state index is 14.6. The van der Waals surface area contributed by atoms with E-state index in [4.69, 9.17) is 32.7 Å². The first kappa shape index (κ1) is 38.6. The molecule has 13 nitrogen and oxygen atoms in total. The van der Waals surface area contributed by atoms with Crippen LogP contribution in [0.1, 0.15) is 32.6 Å². The number of carbonyl (C=O) groups is 3. The summed E-state index contributed by atoms with van der Waals surface area (Å²) in [4.78, 5) is 52.9. The zero-order valence-corrected chi connectivity index (χ0v) is 33.0. The highest BCUT2D eigenvalue weighted by atomic mass is 35.5. The van der Waals surface area contributed by atoms with Crippen LogP contribution in [0.3, 0.4) is 0 Å². The van der Waals surface area contributed by atoms with E-state index in [1.165, 1.54) is 35.6 Å². The molecular formula is C38H38Cl2N6O7S2. The van der Waals surface area contributed by atoms with Crippen LogP contribution in [0.15, 0.2) is 78.8 Å². The lowest BCUT2D eigenvalue weighted by Gasteiger charge is -2.30. The number of thiazole rings is 1. The second-order valence-corrected chi connectivity index (χ2v) is 17.6. The average molecular weight is 826 g/mol. The van der Waals surface area contributed by atoms with Crippen molar-refractivity contribution >= 4 is 78.2 Å². The number of hydrogen-bond donors (Lipinski definition) is 3. The molecule has 3 amide bonds. The number of methoxy groups -OCH3 is 1. The van der Waals surface area contributed by atoms with Gasteiger partial charge in [-0.2, -0.15) is 0 Å². The van der Waals surface area contributed by atoms with Crippen molar-refractivity contribution in [1.29, 1.82) is 0 Å². The SMILES string of the molecule is C=C[C@@H]1C[C@]1(NC(=O)[C@@H]1C[C@@H](Oc2ncc(OC)c3ccc(Cl)cc23)CN1C(=O)[C@@H](Nc1nc(-c2cccc(Cl)c2)cs1)C(=C)C)C(=O)NS(=O)(=O)C1CC1. The molecule has 17 heteroatoms. The Morgan fingerprint density at radius 2 is 1.89 bits per heavy atom. The number of rotatable bonds is 14. The molecule has 3 N–H and O–H groups in total. The fraction of sp³-hybridized carbons (Fsp3) is 0.342. The van der Waals surface area contributed by atoms with Gasteiger partial charge in [-0.25, -0.2) is 18.4 Å². The molecule has 2 aromatic carbocycles. The van der Waals surface area contributed by atoms with Gasteiger partial charge >= 0.3 is 0 Å². The van der Waals surface area contributed by atoms with Crippen molar-refractivity contribution in [3.05, 3.63) is 88.9 Å². The summed E-state index contributed by atoms with van der Waals surface area (Å²) in [6.45, 7) is 9.50. The van der Waals surface area contributed by atoms with Crippen molar-refractivity contribution < 1.29 is 32.3 Å². The molecule has 2 saturated carbocycles. The first-order valence-electron chi connectivity index (χ1n) is 17.5. The lowest BCUT2D eigenvalue weighted by molar-refractivity contribution is -0.139. The molecule has 5 atom stereocenters. The van der Waals surface area contributed by atoms with Crippen LogP contribution in [0.5, 0.6) is 11.6 Å². The molecule has 55 heavy (non-hydrogen) atoms. The van der Waals surface area contributed by atoms with E-state index < -0.39 is 62.6 Å². The van der Waals surface area contributed by atoms with E-state index in [0.717, 1.165) is 5.56 Å². The van der Waals surface area contributed by atoms with Crippen LogP contribution in [-0.2, 0) is 24.4 Å². The standard InChI is InChI=1S/C38H38Cl2N6O7S2/c1-5-22-16-38(22,36(49)45-55(50,51)26-10-11-26)44-33(47)30-15-25(53-34-28-14-24(40)9-12-27(28)31(52-4)17-41-34)18-46(30)35(48)32(20(2)3)43-37-42-29(19-54-37)21-7-6-8-23(39)13-21/h5-9,12-14,17,19,22,25-26,30,32H,1-2,10-11,15-16,18H2,3-4H3,(H,42,43)(H,44,47)(H,45,49)/t22-,25-,30+,32+,38-/m1/s1. The van der Waals surface area contributed by atoms with Gasteiger partial charge in [-0.1, -0.05) is 48.0 Å². The smallest absolute Gasteiger partial charge is 0.259 e. The molecule has 0 radical (unpaired) electrons. The second kappa shape index (κ2) is 15.1. The van der Waals surface area contributed by atoms with Crippen LogP contribution in [0.2, 0.25) is 10.0 Å². The number of amides is 3. The summed E-state index contributed by atoms with van der Waals surface area (Å²) in [7, 11) is -2.38. The minimum Gasteiger partial charge on any atom is -0.494 e. The highest BCUT2D eigenvalue weighted by Crippen LogP contribution is 2.46. The largest absolute Gasteiger partial charge is 0.494 e. The number of aromatic nitrogens is 2. The van der Waals surface area contributed by atoms with Crippen molar-refractivity contribution in [2.45, 2.75) is 61.6 Å². The molecule has 4 aromatic rings. The fourth-order valence-electron chi connectivity index (χ4n) is 6.78. The second-order valence-electron chi connectivity index (χ2n) is 14.0. The number of carbonyl (C=O) groups excluding carboxylic acids is 3. The van der Waals surface area contributed by atoms with E-state index in [1.54, 1.807) is 37.3 Å². The third-order valence-electron chi connectivity index (χ3n) is 10.0. The Hall–Kier alpha value is -4.70. The number of pyridine rings is 1. The third-order valence-corrected chi connectivity index (χ3v) is 13.1. The van der Waals surface area contributed by atoms with Gasteiger partial charge in [0.2, 0.25) is 27.7 Å². The first-order chi connectivity index (χ1) is 26.2. The van der Waals surface area contributed by atoms with E-state index in [1.807, 2.05) is 17.5 Å². The number of nitrogens with zero attached hydrogens (tertiary/aromatic N) is 3. The first-order valence-corrected chi connectivity index (χ1v) is 20.6. The summed E-state index contributed by atoms with van der Waals surface area (Å²) in [5, 5.41) is 9.89. The Morgan fingerprint density at radius 1 is 1.13 bits per heavy atom. The van der Waals surface area contributed by atoms with Crippen molar-refractivity contribution in [3.8, 4) is 22.9 Å². The summed E-state index contributed by atoms with van der Waals surface area (Å²) in [5.74, 6) is -1.78. The van der Waals surface area contributed by atoms with Gasteiger partial charge in [-0.15, -0.1) is 17.9 Å². The van der Waals surface area contributed by atoms with E-state index in [9.17, 15) is 22.8 Å². The summed E-state index contributed by atoms with van der Waals surface area (Å²) in [6, 6.07) is 10.3. The molecular weight excluding hydrogens is 787 g/mol. The zero-order chi connectivity index (χ0) is 39.2. The maximum Gasteiger partial charge on any atom is 0.259 e. The molecule has 7 rings (SSSR count). The predicted octanol–water partition coefficient (Wildman–Crippen LogP) is 5.75. The number of likely N-dealkylation sites (tertiary alicyclic amines) is 1. The van der Waals surface area contributed by atoms with Crippen molar-refractivity contribution in [2.24, 2.45) is 5.92 Å². The summed E-state index contributed by atoms with van der Waals surface area (Å²) >= 11 is 13.8. The molecule has 3 fully saturated rings. The summed E-state index contributed by atoms with van der Waals surface area (Å²) in [6.07, 6.45) is 3.36. The maximum atomic E-state index is 14.6. The number of halogens is 2. The molecule has 2 aliphatic carbocycles. The molecule has 1 saturated heterocycles. The highest BCUT2D eigenvalue weighted by molar-refractivity contribution is 7.91. The topological polar surface area (TPSA) is 169 Å². The van der Waals surface area contributed by atoms with Gasteiger partial charge in [-0.3, -0.25) is 19.1 Å². The number of ether oxygens (including phenoxy) is 2. The molecule has 3 heterocycles. The van der Waals surface area contributed by atoms with E-state index >= 15 is 0 Å². The van der Waals surface area contributed by atoms with Gasteiger partial charge in [0.1, 0.15) is 29.5 Å². The quantitative estimate of drug-likeness (QED) is 0.133. The molecule has 1 aliphatic heterocycles. The van der Waals surface area contributed by atoms with Crippen LogP contribution in [0.4, 0.5) is 5.13 Å². The average Bonchev–Trinajstić information content (AvgIpc) is 4.04. The Labute approximate surface area is 332 Å². The molecule has 3 aliphatic rings. The summed E-state index contributed by atoms with van der Waals surface area (Å²) < 4.78 is 39.5. The lowest BCUT2D eigenvalue weighted by atomic mass is 10.1. The number of sulfonamides is 1. The molecule has 0 unspecified atom stereocenters. The highest BCUT2D eigenvalue weighted by Gasteiger charge is 2.62. The molecule has 0 bridgehead atoms. The molecule has 288 valence electrons. The number of nitrogens with one attached hydrogen (secondary N) is 3. The molecule has 2 aromatic heterocycles. The van der Waals surface area contributed by atoms with Gasteiger partial charge < -0.3 is 25.0 Å². The number of hydrogen-bond acceptors (Lipinski definition) is 11. The minimum atomic E-state index is -3.90. The Balaban J connectivity index is 1.18. The number of anilines is 1. The van der Waals surface area contributed by atoms with E-state index in [-0.39, 0.29) is 25.3 Å². The van der Waals surface area contributed by atoms with Gasteiger partial charge in [0, 0.05) is 44.1 Å². The summed E-state index contributed by atoms with van der Waals surface area (Å²) in [5.41, 5.74) is 0.360.